The average Bonchev–Trinajstić information content (AvgIpc) is 3.08. The van der Waals surface area contributed by atoms with E-state index in [9.17, 15) is 43.7 Å². The largest absolute Gasteiger partial charge is 0.812 e. The molecule has 0 spiro atoms. The second-order valence-electron chi connectivity index (χ2n) is 19.6. The lowest BCUT2D eigenvalue weighted by atomic mass is 10.5. The summed E-state index contributed by atoms with van der Waals surface area (Å²) in [6.45, 7) is -2.97. The van der Waals surface area contributed by atoms with E-state index in [1.54, 1.807) is 166 Å². The molecule has 0 rings (SSSR count). The normalized spacial score (nSPS) is 16.1. The first-order chi connectivity index (χ1) is 41.0. The molecule has 0 saturated carbocycles. The average molecular weight is 1870 g/mol. The van der Waals surface area contributed by atoms with Crippen LogP contribution < -0.4 is 39.1 Å². The van der Waals surface area contributed by atoms with Gasteiger partial charge in [0.2, 0.25) is 0 Å². The van der Waals surface area contributed by atoms with Crippen LogP contribution in [0, 0.1) is 0 Å². The molecule has 0 aromatic heterocycles. The van der Waals surface area contributed by atoms with Crippen LogP contribution in [0.25, 0.3) is 0 Å². The molecule has 7 unspecified atom stereocenters. The number of rotatable bonds is 24. The molecule has 36 nitrogen and oxygen atoms in total. The fourth-order valence-electron chi connectivity index (χ4n) is 3.23. The van der Waals surface area contributed by atoms with Gasteiger partial charge in [-0.05, 0) is 213 Å². The Morgan fingerprint density at radius 2 is 0.312 bits per heavy atom. The molecule has 15 N–H and O–H groups in total. The highest BCUT2D eigenvalue weighted by molar-refractivity contribution is 8.44. The van der Waals surface area contributed by atoms with E-state index in [2.05, 4.69) is 196 Å². The van der Waals surface area contributed by atoms with Crippen molar-refractivity contribution in [2.45, 2.75) is 239 Å². The highest BCUT2D eigenvalue weighted by atomic mass is 32.7. The molecule has 0 aliphatic carbocycles. The number of hydrogen-bond donors (Lipinski definition) is 16. The Morgan fingerprint density at radius 1 is 0.219 bits per heavy atom. The Kier molecular flexibility index (Phi) is 85.7. The second kappa shape index (κ2) is 63.9. The van der Waals surface area contributed by atoms with Gasteiger partial charge in [-0.1, -0.05) is 89.8 Å². The van der Waals surface area contributed by atoms with Crippen molar-refractivity contribution in [3.05, 3.63) is 0 Å². The molecule has 0 fully saturated rings. The standard InChI is InChI=1S/12C3H9O3PS/c12*1-3(2)6-7(4,5)8/h12*3H,1-2H3,(H2,4,5,8)/p-8. The van der Waals surface area contributed by atoms with Crippen LogP contribution in [0.1, 0.15) is 166 Å². The van der Waals surface area contributed by atoms with E-state index in [0.717, 1.165) is 0 Å². The Morgan fingerprint density at radius 3 is 0.312 bits per heavy atom. The molecule has 0 saturated heterocycles. The van der Waals surface area contributed by atoms with Gasteiger partial charge >= 0.3 is 33.7 Å². The monoisotopic (exact) mass is 1860 g/mol. The van der Waals surface area contributed by atoms with Gasteiger partial charge in [0, 0.05) is 0 Å². The third-order valence-electron chi connectivity index (χ3n) is 4.14. The van der Waals surface area contributed by atoms with Gasteiger partial charge in [0.15, 0.2) is 0 Å². The van der Waals surface area contributed by atoms with E-state index in [-0.39, 0.29) is 73.2 Å². The van der Waals surface area contributed by atoms with Gasteiger partial charge in [0.05, 0.1) is 73.2 Å². The zero-order valence-electron chi connectivity index (χ0n) is 56.5. The summed E-state index contributed by atoms with van der Waals surface area (Å²) in [5.41, 5.74) is 0. The molecule has 0 amide bonds. The zero-order valence-corrected chi connectivity index (χ0v) is 77.1. The predicted molar refractivity (Wildman–Crippen MR) is 402 cm³/mol. The summed E-state index contributed by atoms with van der Waals surface area (Å²) in [7, 11) is 0. The Hall–Kier alpha value is 6.33. The maximum absolute atomic E-state index is 10.2. The topological polar surface area (TPSA) is 616 Å². The summed E-state index contributed by atoms with van der Waals surface area (Å²) in [4.78, 5) is 207. The molecular weight excluding hydrogens is 1760 g/mol. The van der Waals surface area contributed by atoms with Gasteiger partial charge in [-0.3, -0.25) is 4.52 Å². The van der Waals surface area contributed by atoms with Crippen molar-refractivity contribution in [3.8, 4) is 0 Å². The van der Waals surface area contributed by atoms with Crippen molar-refractivity contribution in [3.63, 3.8) is 0 Å². The minimum absolute atomic E-state index is 0.212. The minimum Gasteiger partial charge on any atom is -0.812 e. The summed E-state index contributed by atoms with van der Waals surface area (Å²) < 4.78 is 63.0. The molecule has 0 radical (unpaired) electrons. The zero-order chi connectivity index (χ0) is 81.4. The lowest BCUT2D eigenvalue weighted by molar-refractivity contribution is -0.323. The molecule has 600 valence electrons. The van der Waals surface area contributed by atoms with Crippen molar-refractivity contribution < 1.29 is 171 Å². The predicted octanol–water partition coefficient (Wildman–Crippen LogP) is 3.21. The van der Waals surface area contributed by atoms with E-state index in [0.29, 0.717) is 0 Å². The van der Waals surface area contributed by atoms with Gasteiger partial charge in [0.25, 0.3) is 0 Å². The number of thiol groups is 1. The van der Waals surface area contributed by atoms with Gasteiger partial charge in [0.1, 0.15) is 40.3 Å². The van der Waals surface area contributed by atoms with Gasteiger partial charge in [-0.25, -0.2) is 4.57 Å². The van der Waals surface area contributed by atoms with Crippen LogP contribution in [0.4, 0.5) is 0 Å². The highest BCUT2D eigenvalue weighted by Gasteiger charge is 2.14. The van der Waals surface area contributed by atoms with Gasteiger partial charge < -0.3 is 162 Å². The smallest absolute Gasteiger partial charge is 0.383 e. The van der Waals surface area contributed by atoms with Gasteiger partial charge in [-0.15, -0.1) is 11.8 Å². The molecule has 0 aliphatic heterocycles. The molecule has 0 aromatic rings. The van der Waals surface area contributed by atoms with Crippen molar-refractivity contribution >= 4 is 223 Å². The molecule has 96 heavy (non-hydrogen) atoms. The Bertz CT molecular complexity index is 1890. The van der Waals surface area contributed by atoms with E-state index in [1.807, 2.05) is 0 Å². The van der Waals surface area contributed by atoms with E-state index < -0.39 is 80.7 Å². The maximum Gasteiger partial charge on any atom is 0.383 e. The first kappa shape index (κ1) is 129. The van der Waals surface area contributed by atoms with Crippen molar-refractivity contribution in [2.75, 3.05) is 0 Å². The third kappa shape index (κ3) is 225. The van der Waals surface area contributed by atoms with Crippen LogP contribution in [-0.2, 0) is 189 Å². The Balaban J connectivity index is -0.0000000802. The van der Waals surface area contributed by atoms with Crippen LogP contribution >= 0.6 is 93.0 Å². The van der Waals surface area contributed by atoms with E-state index in [4.69, 9.17) is 73.4 Å². The summed E-state index contributed by atoms with van der Waals surface area (Å²) in [6.07, 6.45) is -3.08. The molecule has 7 atom stereocenters. The summed E-state index contributed by atoms with van der Waals surface area (Å²) in [5.74, 6) is 0. The summed E-state index contributed by atoms with van der Waals surface area (Å²) in [6, 6.07) is 0. The van der Waals surface area contributed by atoms with E-state index >= 15 is 0 Å². The first-order valence-electron chi connectivity index (χ1n) is 25.7. The molecule has 0 aromatic carbocycles. The fourth-order valence-corrected chi connectivity index (χ4v) is 15.9. The fraction of sp³-hybridized carbons (Fsp3) is 1.00. The SMILES string of the molecule is CC(C)OP(=O)(O)S.CC(C)OP(O)(O)=S.CC(C)OP(O)(O)=S.CC(C)OP(O)(O)=S.CC(C)OP(O)(O)=S.CC(C)OP([O-])(O)=S.CC(C)OP([O-])(O)=S.CC(C)OP([O-])(O)=S.CC(C)OP([O-])(O)=S.CC(C)OP([O-])(O)=S.CC(C)OP([O-])(O)=S.CC(C)OP([O-])([O-])=S. The minimum atomic E-state index is -3.89. The molecule has 60 heteroatoms. The van der Waals surface area contributed by atoms with Crippen LogP contribution in [-0.4, -0.2) is 147 Å². The molecule has 0 heterocycles. The van der Waals surface area contributed by atoms with Crippen LogP contribution in [0.2, 0.25) is 0 Å². The molecule has 0 aliphatic rings. The highest BCUT2D eigenvalue weighted by Crippen LogP contribution is 2.48. The van der Waals surface area contributed by atoms with Crippen LogP contribution in [0.3, 0.4) is 0 Å². The molecule has 0 bridgehead atoms. The number of hydrogen-bond acceptors (Lipinski definition) is 32. The lowest BCUT2D eigenvalue weighted by Gasteiger charge is -2.35. The lowest BCUT2D eigenvalue weighted by Crippen LogP contribution is -2.18. The van der Waals surface area contributed by atoms with Crippen molar-refractivity contribution in [2.24, 2.45) is 0 Å². The van der Waals surface area contributed by atoms with Gasteiger partial charge in [-0.2, -0.15) is 0 Å². The first-order valence-corrected chi connectivity index (χ1v) is 57.1. The summed E-state index contributed by atoms with van der Waals surface area (Å²) >= 11 is 48.2. The van der Waals surface area contributed by atoms with Crippen LogP contribution in [0.5, 0.6) is 0 Å². The second-order valence-corrected chi connectivity index (χ2v) is 50.4. The quantitative estimate of drug-likeness (QED) is 0.0487. The Labute approximate surface area is 628 Å². The third-order valence-corrected chi connectivity index (χ3v) is 15.6. The summed E-state index contributed by atoms with van der Waals surface area (Å²) in [5, 5.41) is 0. The van der Waals surface area contributed by atoms with E-state index in [1.165, 1.54) is 0 Å². The molecular formula is C36H100O36P12S12-8. The van der Waals surface area contributed by atoms with Crippen molar-refractivity contribution in [1.82, 2.24) is 0 Å². The van der Waals surface area contributed by atoms with Crippen LogP contribution in [0.15, 0.2) is 0 Å². The van der Waals surface area contributed by atoms with Crippen molar-refractivity contribution in [1.29, 1.82) is 0 Å². The maximum atomic E-state index is 10.2.